The van der Waals surface area contributed by atoms with Crippen molar-refractivity contribution in [2.75, 3.05) is 11.9 Å². The fraction of sp³-hybridized carbons (Fsp3) is 0.294. The Morgan fingerprint density at radius 3 is 2.67 bits per heavy atom. The number of amides is 1. The summed E-state index contributed by atoms with van der Waals surface area (Å²) in [6.07, 6.45) is 3.99. The number of pyridine rings is 1. The number of hydrogen-bond acceptors (Lipinski definition) is 3. The zero-order chi connectivity index (χ0) is 15.1. The molecule has 0 saturated carbocycles. The van der Waals surface area contributed by atoms with Gasteiger partial charge in [-0.3, -0.25) is 9.78 Å². The van der Waals surface area contributed by atoms with Gasteiger partial charge in [-0.15, -0.1) is 0 Å². The topological polar surface area (TPSA) is 54.0 Å². The number of benzene rings is 1. The predicted octanol–water partition coefficient (Wildman–Crippen LogP) is 2.82. The zero-order valence-corrected chi connectivity index (χ0v) is 12.5. The van der Waals surface area contributed by atoms with Crippen LogP contribution in [0.25, 0.3) is 0 Å². The highest BCUT2D eigenvalue weighted by Gasteiger charge is 2.05. The second kappa shape index (κ2) is 7.55. The molecule has 1 heterocycles. The number of rotatable bonds is 6. The van der Waals surface area contributed by atoms with Gasteiger partial charge in [-0.1, -0.05) is 12.1 Å². The molecule has 110 valence electrons. The molecule has 0 bridgehead atoms. The van der Waals surface area contributed by atoms with Gasteiger partial charge in [0.25, 0.3) is 0 Å². The maximum atomic E-state index is 11.9. The maximum Gasteiger partial charge on any atom is 0.225 e. The number of nitrogens with zero attached hydrogens (tertiary/aromatic N) is 1. The summed E-state index contributed by atoms with van der Waals surface area (Å²) < 4.78 is 0. The Morgan fingerprint density at radius 1 is 1.14 bits per heavy atom. The fourth-order valence-electron chi connectivity index (χ4n) is 2.03. The molecule has 1 amide bonds. The summed E-state index contributed by atoms with van der Waals surface area (Å²) in [7, 11) is 0. The highest BCUT2D eigenvalue weighted by Crippen LogP contribution is 2.17. The average Bonchev–Trinajstić information content (AvgIpc) is 2.49. The summed E-state index contributed by atoms with van der Waals surface area (Å²) in [5, 5.41) is 6.22. The van der Waals surface area contributed by atoms with E-state index in [1.807, 2.05) is 44.2 Å². The minimum Gasteiger partial charge on any atom is -0.326 e. The molecule has 2 rings (SSSR count). The minimum absolute atomic E-state index is 0.0333. The number of carbonyl (C=O) groups excluding carboxylic acids is 1. The van der Waals surface area contributed by atoms with Crippen LogP contribution in [0.4, 0.5) is 5.69 Å². The molecule has 2 aromatic rings. The summed E-state index contributed by atoms with van der Waals surface area (Å²) in [5.74, 6) is 0.0333. The second-order valence-electron chi connectivity index (χ2n) is 5.08. The number of carbonyl (C=O) groups is 1. The number of nitrogens with one attached hydrogen (secondary N) is 2. The second-order valence-corrected chi connectivity index (χ2v) is 5.08. The normalized spacial score (nSPS) is 10.4. The van der Waals surface area contributed by atoms with E-state index in [0.717, 1.165) is 17.8 Å². The van der Waals surface area contributed by atoms with Gasteiger partial charge in [-0.05, 0) is 48.7 Å². The molecule has 0 spiro atoms. The molecule has 0 aliphatic rings. The summed E-state index contributed by atoms with van der Waals surface area (Å²) in [6, 6.07) is 9.86. The van der Waals surface area contributed by atoms with Gasteiger partial charge in [0.1, 0.15) is 0 Å². The monoisotopic (exact) mass is 283 g/mol. The number of aryl methyl sites for hydroxylation is 1. The zero-order valence-electron chi connectivity index (χ0n) is 12.5. The van der Waals surface area contributed by atoms with Crippen molar-refractivity contribution in [3.05, 3.63) is 59.4 Å². The quantitative estimate of drug-likeness (QED) is 0.802. The molecule has 0 saturated heterocycles. The molecule has 0 fully saturated rings. The molecule has 0 unspecified atom stereocenters. The molecule has 1 aromatic heterocycles. The lowest BCUT2D eigenvalue weighted by Gasteiger charge is -2.10. The Bertz CT molecular complexity index is 596. The van der Waals surface area contributed by atoms with Gasteiger partial charge in [-0.2, -0.15) is 0 Å². The van der Waals surface area contributed by atoms with Gasteiger partial charge in [0.05, 0.1) is 0 Å². The third-order valence-corrected chi connectivity index (χ3v) is 3.49. The van der Waals surface area contributed by atoms with E-state index in [2.05, 4.69) is 15.6 Å². The maximum absolute atomic E-state index is 11.9. The lowest BCUT2D eigenvalue weighted by molar-refractivity contribution is -0.116. The van der Waals surface area contributed by atoms with Crippen molar-refractivity contribution < 1.29 is 4.79 Å². The molecule has 4 nitrogen and oxygen atoms in total. The summed E-state index contributed by atoms with van der Waals surface area (Å²) >= 11 is 0. The van der Waals surface area contributed by atoms with Crippen LogP contribution in [0.1, 0.15) is 23.1 Å². The Morgan fingerprint density at radius 2 is 1.90 bits per heavy atom. The van der Waals surface area contributed by atoms with E-state index in [9.17, 15) is 4.79 Å². The van der Waals surface area contributed by atoms with E-state index in [0.29, 0.717) is 13.0 Å². The predicted molar refractivity (Wildman–Crippen MR) is 85.1 cm³/mol. The molecular weight excluding hydrogens is 262 g/mol. The van der Waals surface area contributed by atoms with Crippen LogP contribution in [0.5, 0.6) is 0 Å². The highest BCUT2D eigenvalue weighted by molar-refractivity contribution is 5.91. The first-order chi connectivity index (χ1) is 10.2. The summed E-state index contributed by atoms with van der Waals surface area (Å²) in [6.45, 7) is 5.46. The number of hydrogen-bond donors (Lipinski definition) is 2. The van der Waals surface area contributed by atoms with Gasteiger partial charge >= 0.3 is 0 Å². The van der Waals surface area contributed by atoms with Crippen molar-refractivity contribution in [1.82, 2.24) is 10.3 Å². The van der Waals surface area contributed by atoms with E-state index in [4.69, 9.17) is 0 Å². The van der Waals surface area contributed by atoms with Crippen LogP contribution in [-0.4, -0.2) is 17.4 Å². The molecule has 0 aliphatic carbocycles. The number of aromatic nitrogens is 1. The highest BCUT2D eigenvalue weighted by atomic mass is 16.1. The van der Waals surface area contributed by atoms with Crippen LogP contribution >= 0.6 is 0 Å². The Kier molecular flexibility index (Phi) is 5.46. The van der Waals surface area contributed by atoms with Gasteiger partial charge in [0.15, 0.2) is 0 Å². The smallest absolute Gasteiger partial charge is 0.225 e. The van der Waals surface area contributed by atoms with Crippen LogP contribution in [0.2, 0.25) is 0 Å². The van der Waals surface area contributed by atoms with E-state index in [-0.39, 0.29) is 5.91 Å². The van der Waals surface area contributed by atoms with Gasteiger partial charge < -0.3 is 10.6 Å². The first kappa shape index (κ1) is 15.2. The van der Waals surface area contributed by atoms with Crippen molar-refractivity contribution in [3.8, 4) is 0 Å². The minimum atomic E-state index is 0.0333. The first-order valence-corrected chi connectivity index (χ1v) is 7.12. The van der Waals surface area contributed by atoms with Gasteiger partial charge in [0.2, 0.25) is 5.91 Å². The summed E-state index contributed by atoms with van der Waals surface area (Å²) in [5.41, 5.74) is 4.37. The molecule has 0 radical (unpaired) electrons. The van der Waals surface area contributed by atoms with E-state index >= 15 is 0 Å². The third kappa shape index (κ3) is 4.68. The fourth-order valence-corrected chi connectivity index (χ4v) is 2.03. The van der Waals surface area contributed by atoms with Crippen LogP contribution in [0, 0.1) is 13.8 Å². The largest absolute Gasteiger partial charge is 0.326 e. The van der Waals surface area contributed by atoms with E-state index < -0.39 is 0 Å². The van der Waals surface area contributed by atoms with Crippen molar-refractivity contribution >= 4 is 11.6 Å². The lowest BCUT2D eigenvalue weighted by Crippen LogP contribution is -2.21. The average molecular weight is 283 g/mol. The molecule has 21 heavy (non-hydrogen) atoms. The Hall–Kier alpha value is -2.20. The molecule has 4 heteroatoms. The molecule has 0 aliphatic heterocycles. The Balaban J connectivity index is 1.74. The van der Waals surface area contributed by atoms with Crippen LogP contribution in [-0.2, 0) is 11.3 Å². The molecule has 1 aromatic carbocycles. The third-order valence-electron chi connectivity index (χ3n) is 3.49. The summed E-state index contributed by atoms with van der Waals surface area (Å²) in [4.78, 5) is 15.9. The Labute approximate surface area is 125 Å². The van der Waals surface area contributed by atoms with E-state index in [1.165, 1.54) is 11.1 Å². The van der Waals surface area contributed by atoms with Crippen LogP contribution in [0.3, 0.4) is 0 Å². The van der Waals surface area contributed by atoms with Crippen LogP contribution < -0.4 is 10.6 Å². The molecule has 0 atom stereocenters. The van der Waals surface area contributed by atoms with Crippen molar-refractivity contribution in [2.24, 2.45) is 0 Å². The van der Waals surface area contributed by atoms with Crippen molar-refractivity contribution in [1.29, 1.82) is 0 Å². The van der Waals surface area contributed by atoms with Gasteiger partial charge in [0, 0.05) is 37.6 Å². The van der Waals surface area contributed by atoms with Gasteiger partial charge in [-0.25, -0.2) is 0 Å². The molecule has 2 N–H and O–H groups in total. The van der Waals surface area contributed by atoms with Crippen molar-refractivity contribution in [3.63, 3.8) is 0 Å². The SMILES string of the molecule is Cc1cccc(NC(=O)CCNCc2ccncc2)c1C. The standard InChI is InChI=1S/C17H21N3O/c1-13-4-3-5-16(14(13)2)20-17(21)8-11-19-12-15-6-9-18-10-7-15/h3-7,9-10,19H,8,11-12H2,1-2H3,(H,20,21). The lowest BCUT2D eigenvalue weighted by atomic mass is 10.1. The van der Waals surface area contributed by atoms with Crippen LogP contribution in [0.15, 0.2) is 42.7 Å². The number of anilines is 1. The van der Waals surface area contributed by atoms with E-state index in [1.54, 1.807) is 12.4 Å². The first-order valence-electron chi connectivity index (χ1n) is 7.12. The van der Waals surface area contributed by atoms with Crippen molar-refractivity contribution in [2.45, 2.75) is 26.8 Å². The molecular formula is C17H21N3O.